The van der Waals surface area contributed by atoms with E-state index in [1.54, 1.807) is 0 Å². The van der Waals surface area contributed by atoms with E-state index >= 15 is 0 Å². The predicted molar refractivity (Wildman–Crippen MR) is 84.4 cm³/mol. The van der Waals surface area contributed by atoms with E-state index in [0.717, 1.165) is 29.8 Å². The minimum atomic E-state index is -0.436. The van der Waals surface area contributed by atoms with Crippen LogP contribution in [0, 0.1) is 0 Å². The maximum atomic E-state index is 12.2. The molecule has 114 valence electrons. The van der Waals surface area contributed by atoms with Gasteiger partial charge in [-0.1, -0.05) is 0 Å². The molecule has 0 N–H and O–H groups in total. The number of amides is 1. The quantitative estimate of drug-likeness (QED) is 0.728. The average Bonchev–Trinajstić information content (AvgIpc) is 2.97. The summed E-state index contributed by atoms with van der Waals surface area (Å²) in [6, 6.07) is 4.63. The van der Waals surface area contributed by atoms with E-state index in [0.29, 0.717) is 6.04 Å². The molecule has 5 nitrogen and oxygen atoms in total. The molecule has 1 aromatic heterocycles. The minimum Gasteiger partial charge on any atom is -0.444 e. The van der Waals surface area contributed by atoms with Crippen LogP contribution < -0.4 is 4.90 Å². The summed E-state index contributed by atoms with van der Waals surface area (Å²) < 4.78 is 6.32. The molecule has 0 unspecified atom stereocenters. The molecule has 6 heteroatoms. The van der Waals surface area contributed by atoms with Crippen LogP contribution in [0.2, 0.25) is 0 Å². The molecule has 0 spiro atoms. The third-order valence-electron chi connectivity index (χ3n) is 3.91. The van der Waals surface area contributed by atoms with Gasteiger partial charge in [0.15, 0.2) is 0 Å². The van der Waals surface area contributed by atoms with Crippen molar-refractivity contribution in [2.45, 2.75) is 44.9 Å². The highest BCUT2D eigenvalue weighted by atomic mass is 79.9. The van der Waals surface area contributed by atoms with Crippen LogP contribution in [0.4, 0.5) is 10.5 Å². The monoisotopic (exact) mass is 353 g/mol. The van der Waals surface area contributed by atoms with Crippen LogP contribution in [-0.2, 0) is 4.74 Å². The van der Waals surface area contributed by atoms with Crippen LogP contribution in [0.15, 0.2) is 22.9 Å². The number of fused-ring (bicyclic) bond motifs is 2. The van der Waals surface area contributed by atoms with E-state index < -0.39 is 5.60 Å². The van der Waals surface area contributed by atoms with Crippen molar-refractivity contribution in [3.05, 3.63) is 22.9 Å². The van der Waals surface area contributed by atoms with Gasteiger partial charge < -0.3 is 14.5 Å². The lowest BCUT2D eigenvalue weighted by Crippen LogP contribution is -2.50. The molecule has 2 atom stereocenters. The van der Waals surface area contributed by atoms with Crippen LogP contribution in [0.5, 0.6) is 0 Å². The molecular weight excluding hydrogens is 334 g/mol. The Balaban J connectivity index is 1.66. The Morgan fingerprint density at radius 2 is 2.10 bits per heavy atom. The van der Waals surface area contributed by atoms with E-state index in [2.05, 4.69) is 31.9 Å². The summed E-state index contributed by atoms with van der Waals surface area (Å²) in [6.45, 7) is 7.29. The number of carbonyl (C=O) groups is 1. The van der Waals surface area contributed by atoms with Crippen molar-refractivity contribution >= 4 is 27.7 Å². The Hall–Kier alpha value is -1.30. The van der Waals surface area contributed by atoms with Crippen molar-refractivity contribution in [1.82, 2.24) is 9.88 Å². The molecule has 2 saturated heterocycles. The summed E-state index contributed by atoms with van der Waals surface area (Å²) >= 11 is 3.35. The maximum Gasteiger partial charge on any atom is 0.410 e. The van der Waals surface area contributed by atoms with Crippen LogP contribution >= 0.6 is 15.9 Å². The van der Waals surface area contributed by atoms with Gasteiger partial charge in [-0.15, -0.1) is 0 Å². The van der Waals surface area contributed by atoms with Crippen molar-refractivity contribution < 1.29 is 9.53 Å². The lowest BCUT2D eigenvalue weighted by Gasteiger charge is -2.36. The molecule has 0 saturated carbocycles. The van der Waals surface area contributed by atoms with E-state index in [1.165, 1.54) is 0 Å². The van der Waals surface area contributed by atoms with E-state index in [9.17, 15) is 4.79 Å². The molecule has 2 bridgehead atoms. The zero-order valence-electron chi connectivity index (χ0n) is 12.5. The lowest BCUT2D eigenvalue weighted by atomic mass is 10.2. The first-order valence-corrected chi connectivity index (χ1v) is 8.00. The average molecular weight is 354 g/mol. The van der Waals surface area contributed by atoms with Crippen LogP contribution in [-0.4, -0.2) is 46.8 Å². The highest BCUT2D eigenvalue weighted by molar-refractivity contribution is 9.10. The topological polar surface area (TPSA) is 45.7 Å². The summed E-state index contributed by atoms with van der Waals surface area (Å²) in [5.74, 6) is 0. The number of carbonyl (C=O) groups excluding carboxylic acids is 1. The molecule has 1 aromatic rings. The van der Waals surface area contributed by atoms with Crippen molar-refractivity contribution in [3.63, 3.8) is 0 Å². The van der Waals surface area contributed by atoms with Gasteiger partial charge in [0.2, 0.25) is 0 Å². The summed E-state index contributed by atoms with van der Waals surface area (Å²) in [4.78, 5) is 20.7. The van der Waals surface area contributed by atoms with E-state index in [1.807, 2.05) is 37.9 Å². The minimum absolute atomic E-state index is 0.191. The van der Waals surface area contributed by atoms with Gasteiger partial charge in [-0.3, -0.25) is 0 Å². The number of piperazine rings is 1. The standard InChI is InChI=1S/C15H20BrN3O2/c1-15(2,3)21-14(20)19-9-11-6-12(19)8-18(11)10-4-5-13(16)17-7-10/h4-5,7,11-12H,6,8-9H2,1-3H3/t11-,12-/m1/s1. The summed E-state index contributed by atoms with van der Waals surface area (Å²) in [5, 5.41) is 0. The van der Waals surface area contributed by atoms with Gasteiger partial charge >= 0.3 is 6.09 Å². The van der Waals surface area contributed by atoms with Gasteiger partial charge in [-0.25, -0.2) is 9.78 Å². The molecule has 3 rings (SSSR count). The van der Waals surface area contributed by atoms with Crippen molar-refractivity contribution in [1.29, 1.82) is 0 Å². The predicted octanol–water partition coefficient (Wildman–Crippen LogP) is 3.04. The zero-order valence-corrected chi connectivity index (χ0v) is 14.1. The molecule has 3 heterocycles. The smallest absolute Gasteiger partial charge is 0.410 e. The third kappa shape index (κ3) is 3.00. The molecular formula is C15H20BrN3O2. The molecule has 2 fully saturated rings. The lowest BCUT2D eigenvalue weighted by molar-refractivity contribution is 0.0215. The number of anilines is 1. The Bertz CT molecular complexity index is 541. The summed E-state index contributed by atoms with van der Waals surface area (Å²) in [6.07, 6.45) is 2.70. The van der Waals surface area contributed by atoms with Crippen molar-refractivity contribution in [2.24, 2.45) is 0 Å². The van der Waals surface area contributed by atoms with Crippen LogP contribution in [0.1, 0.15) is 27.2 Å². The number of nitrogens with zero attached hydrogens (tertiary/aromatic N) is 3. The van der Waals surface area contributed by atoms with E-state index in [-0.39, 0.29) is 12.1 Å². The van der Waals surface area contributed by atoms with Crippen molar-refractivity contribution in [3.8, 4) is 0 Å². The maximum absolute atomic E-state index is 12.2. The van der Waals surface area contributed by atoms with Gasteiger partial charge in [0.05, 0.1) is 17.9 Å². The van der Waals surface area contributed by atoms with E-state index in [4.69, 9.17) is 4.74 Å². The SMILES string of the molecule is CC(C)(C)OC(=O)N1C[C@H]2C[C@@H]1CN2c1ccc(Br)nc1. The first-order chi connectivity index (χ1) is 9.83. The number of halogens is 1. The van der Waals surface area contributed by atoms with Gasteiger partial charge in [0.1, 0.15) is 10.2 Å². The number of aromatic nitrogens is 1. The number of pyridine rings is 1. The fourth-order valence-corrected chi connectivity index (χ4v) is 3.30. The fourth-order valence-electron chi connectivity index (χ4n) is 3.07. The van der Waals surface area contributed by atoms with Crippen molar-refractivity contribution in [2.75, 3.05) is 18.0 Å². The summed E-state index contributed by atoms with van der Waals surface area (Å²) in [5.41, 5.74) is 0.684. The van der Waals surface area contributed by atoms with Crippen LogP contribution in [0.3, 0.4) is 0 Å². The van der Waals surface area contributed by atoms with Crippen LogP contribution in [0.25, 0.3) is 0 Å². The molecule has 0 radical (unpaired) electrons. The first-order valence-electron chi connectivity index (χ1n) is 7.21. The second-order valence-corrected chi connectivity index (χ2v) is 7.48. The second kappa shape index (κ2) is 5.16. The Labute approximate surface area is 133 Å². The number of rotatable bonds is 1. The molecule has 21 heavy (non-hydrogen) atoms. The second-order valence-electron chi connectivity index (χ2n) is 6.67. The Kier molecular flexibility index (Phi) is 3.59. The number of ether oxygens (including phenoxy) is 1. The molecule has 1 amide bonds. The number of hydrogen-bond donors (Lipinski definition) is 0. The van der Waals surface area contributed by atoms with Gasteiger partial charge in [-0.05, 0) is 55.3 Å². The van der Waals surface area contributed by atoms with Gasteiger partial charge in [0.25, 0.3) is 0 Å². The van der Waals surface area contributed by atoms with Gasteiger partial charge in [0, 0.05) is 19.1 Å². The highest BCUT2D eigenvalue weighted by Gasteiger charge is 2.46. The Morgan fingerprint density at radius 1 is 1.33 bits per heavy atom. The number of hydrogen-bond acceptors (Lipinski definition) is 4. The van der Waals surface area contributed by atoms with Gasteiger partial charge in [-0.2, -0.15) is 0 Å². The first kappa shape index (κ1) is 14.6. The third-order valence-corrected chi connectivity index (χ3v) is 4.38. The molecule has 2 aliphatic rings. The molecule has 2 aliphatic heterocycles. The number of likely N-dealkylation sites (tertiary alicyclic amines) is 1. The normalized spacial score (nSPS) is 24.6. The summed E-state index contributed by atoms with van der Waals surface area (Å²) in [7, 11) is 0. The molecule has 0 aromatic carbocycles. The zero-order chi connectivity index (χ0) is 15.2. The highest BCUT2D eigenvalue weighted by Crippen LogP contribution is 2.35. The fraction of sp³-hybridized carbons (Fsp3) is 0.600. The Morgan fingerprint density at radius 3 is 2.62 bits per heavy atom. The molecule has 0 aliphatic carbocycles. The largest absolute Gasteiger partial charge is 0.444 e.